The van der Waals surface area contributed by atoms with E-state index < -0.39 is 0 Å². The topological polar surface area (TPSA) is 70.2 Å². The molecular weight excluding hydrogens is 374 g/mol. The molecule has 0 saturated carbocycles. The molecule has 0 bridgehead atoms. The second kappa shape index (κ2) is 8.95. The molecule has 154 valence electrons. The Labute approximate surface area is 177 Å². The van der Waals surface area contributed by atoms with Crippen LogP contribution in [0, 0.1) is 12.8 Å². The predicted molar refractivity (Wildman–Crippen MR) is 122 cm³/mol. The van der Waals surface area contributed by atoms with Crippen molar-refractivity contribution in [3.63, 3.8) is 0 Å². The van der Waals surface area contributed by atoms with Gasteiger partial charge < -0.3 is 15.5 Å². The predicted octanol–water partition coefficient (Wildman–Crippen LogP) is 5.33. The zero-order valence-corrected chi connectivity index (χ0v) is 17.4. The van der Waals surface area contributed by atoms with Crippen LogP contribution in [-0.2, 0) is 0 Å². The summed E-state index contributed by atoms with van der Waals surface area (Å²) in [6.07, 6.45) is 2.39. The van der Waals surface area contributed by atoms with E-state index in [4.69, 9.17) is 0 Å². The summed E-state index contributed by atoms with van der Waals surface area (Å²) in [5.41, 5.74) is 4.25. The van der Waals surface area contributed by atoms with Crippen LogP contribution < -0.4 is 15.5 Å². The highest BCUT2D eigenvalue weighted by atomic mass is 16.2. The standard InChI is InChI=1S/C24H27N5O/c1-17-11-13-29(14-12-17)23-10-9-22(27-28-23)19-6-4-8-21(16-19)26-24(30)25-20-7-3-5-18(2)15-20/h3-10,15-17H,11-14H2,1-2H3,(H2,25,26,30). The van der Waals surface area contributed by atoms with E-state index >= 15 is 0 Å². The van der Waals surface area contributed by atoms with Gasteiger partial charge in [0.05, 0.1) is 5.69 Å². The maximum Gasteiger partial charge on any atom is 0.323 e. The summed E-state index contributed by atoms with van der Waals surface area (Å²) in [5, 5.41) is 14.6. The number of urea groups is 1. The molecule has 2 aromatic carbocycles. The van der Waals surface area contributed by atoms with Gasteiger partial charge in [0.25, 0.3) is 0 Å². The van der Waals surface area contributed by atoms with E-state index in [1.165, 1.54) is 12.8 Å². The molecule has 2 N–H and O–H groups in total. The second-order valence-electron chi connectivity index (χ2n) is 7.98. The summed E-state index contributed by atoms with van der Waals surface area (Å²) < 4.78 is 0. The number of anilines is 3. The number of benzene rings is 2. The average molecular weight is 402 g/mol. The monoisotopic (exact) mass is 401 g/mol. The molecule has 0 radical (unpaired) electrons. The molecule has 1 saturated heterocycles. The number of nitrogens with zero attached hydrogens (tertiary/aromatic N) is 3. The number of amides is 2. The van der Waals surface area contributed by atoms with Gasteiger partial charge in [-0.25, -0.2) is 4.79 Å². The van der Waals surface area contributed by atoms with E-state index in [-0.39, 0.29) is 6.03 Å². The van der Waals surface area contributed by atoms with Gasteiger partial charge in [-0.1, -0.05) is 31.2 Å². The summed E-state index contributed by atoms with van der Waals surface area (Å²) in [4.78, 5) is 14.6. The molecule has 2 amide bonds. The van der Waals surface area contributed by atoms with Gasteiger partial charge in [0.2, 0.25) is 0 Å². The lowest BCUT2D eigenvalue weighted by molar-refractivity contribution is 0.262. The van der Waals surface area contributed by atoms with E-state index in [9.17, 15) is 4.79 Å². The van der Waals surface area contributed by atoms with Crippen molar-refractivity contribution in [2.75, 3.05) is 28.6 Å². The molecule has 1 fully saturated rings. The van der Waals surface area contributed by atoms with Crippen molar-refractivity contribution in [1.29, 1.82) is 0 Å². The maximum atomic E-state index is 12.3. The van der Waals surface area contributed by atoms with Gasteiger partial charge in [-0.15, -0.1) is 10.2 Å². The quantitative estimate of drug-likeness (QED) is 0.620. The van der Waals surface area contributed by atoms with Crippen molar-refractivity contribution in [3.05, 3.63) is 66.2 Å². The number of nitrogens with one attached hydrogen (secondary N) is 2. The fourth-order valence-corrected chi connectivity index (χ4v) is 3.66. The summed E-state index contributed by atoms with van der Waals surface area (Å²) in [6, 6.07) is 19.1. The van der Waals surface area contributed by atoms with E-state index in [0.29, 0.717) is 5.69 Å². The summed E-state index contributed by atoms with van der Waals surface area (Å²) in [7, 11) is 0. The Morgan fingerprint density at radius 1 is 0.933 bits per heavy atom. The van der Waals surface area contributed by atoms with Crippen LogP contribution in [0.4, 0.5) is 22.0 Å². The molecule has 0 aliphatic carbocycles. The van der Waals surface area contributed by atoms with E-state index in [1.54, 1.807) is 0 Å². The Balaban J connectivity index is 1.42. The van der Waals surface area contributed by atoms with Crippen LogP contribution in [0.1, 0.15) is 25.3 Å². The smallest absolute Gasteiger partial charge is 0.323 e. The molecule has 0 unspecified atom stereocenters. The third-order valence-corrected chi connectivity index (χ3v) is 5.45. The first-order valence-electron chi connectivity index (χ1n) is 10.4. The second-order valence-corrected chi connectivity index (χ2v) is 7.98. The fraction of sp³-hybridized carbons (Fsp3) is 0.292. The van der Waals surface area contributed by atoms with Crippen LogP contribution >= 0.6 is 0 Å². The van der Waals surface area contributed by atoms with Crippen LogP contribution in [0.3, 0.4) is 0 Å². The lowest BCUT2D eigenvalue weighted by Crippen LogP contribution is -2.33. The van der Waals surface area contributed by atoms with E-state index in [2.05, 4.69) is 32.7 Å². The van der Waals surface area contributed by atoms with Crippen molar-refractivity contribution in [2.24, 2.45) is 5.92 Å². The molecule has 6 nitrogen and oxygen atoms in total. The Morgan fingerprint density at radius 2 is 1.63 bits per heavy atom. The van der Waals surface area contributed by atoms with Crippen LogP contribution in [0.5, 0.6) is 0 Å². The first-order valence-corrected chi connectivity index (χ1v) is 10.4. The van der Waals surface area contributed by atoms with Gasteiger partial charge >= 0.3 is 6.03 Å². The number of aryl methyl sites for hydroxylation is 1. The number of piperidine rings is 1. The molecule has 0 spiro atoms. The van der Waals surface area contributed by atoms with Crippen molar-refractivity contribution in [2.45, 2.75) is 26.7 Å². The minimum atomic E-state index is -0.279. The number of carbonyl (C=O) groups is 1. The lowest BCUT2D eigenvalue weighted by Gasteiger charge is -2.30. The average Bonchev–Trinajstić information content (AvgIpc) is 2.74. The molecule has 4 rings (SSSR count). The van der Waals surface area contributed by atoms with Gasteiger partial charge in [0, 0.05) is 30.0 Å². The molecule has 3 aromatic rings. The normalized spacial score (nSPS) is 14.4. The number of hydrogen-bond acceptors (Lipinski definition) is 4. The molecule has 30 heavy (non-hydrogen) atoms. The van der Waals surface area contributed by atoms with Crippen molar-refractivity contribution < 1.29 is 4.79 Å². The van der Waals surface area contributed by atoms with Gasteiger partial charge in [0.1, 0.15) is 0 Å². The van der Waals surface area contributed by atoms with Gasteiger partial charge in [-0.05, 0) is 67.6 Å². The van der Waals surface area contributed by atoms with Gasteiger partial charge in [-0.2, -0.15) is 0 Å². The first-order chi connectivity index (χ1) is 14.6. The molecule has 2 heterocycles. The Kier molecular flexibility index (Phi) is 5.93. The zero-order chi connectivity index (χ0) is 20.9. The summed E-state index contributed by atoms with van der Waals surface area (Å²) in [5.74, 6) is 1.71. The highest BCUT2D eigenvalue weighted by Gasteiger charge is 2.17. The molecular formula is C24H27N5O. The van der Waals surface area contributed by atoms with E-state index in [0.717, 1.165) is 47.3 Å². The fourth-order valence-electron chi connectivity index (χ4n) is 3.66. The molecule has 1 aromatic heterocycles. The molecule has 6 heteroatoms. The zero-order valence-electron chi connectivity index (χ0n) is 17.4. The summed E-state index contributed by atoms with van der Waals surface area (Å²) in [6.45, 7) is 6.36. The highest BCUT2D eigenvalue weighted by molar-refractivity contribution is 6.00. The van der Waals surface area contributed by atoms with Crippen LogP contribution in [0.2, 0.25) is 0 Å². The SMILES string of the molecule is Cc1cccc(NC(=O)Nc2cccc(-c3ccc(N4CCC(C)CC4)nn3)c2)c1. The van der Waals surface area contributed by atoms with Crippen LogP contribution in [0.15, 0.2) is 60.7 Å². The molecule has 1 aliphatic rings. The largest absolute Gasteiger partial charge is 0.355 e. The highest BCUT2D eigenvalue weighted by Crippen LogP contribution is 2.24. The Morgan fingerprint density at radius 3 is 2.30 bits per heavy atom. The molecule has 1 aliphatic heterocycles. The van der Waals surface area contributed by atoms with Crippen molar-refractivity contribution >= 4 is 23.2 Å². The van der Waals surface area contributed by atoms with Gasteiger partial charge in [0.15, 0.2) is 5.82 Å². The maximum absolute atomic E-state index is 12.3. The number of aromatic nitrogens is 2. The minimum Gasteiger partial charge on any atom is -0.355 e. The third-order valence-electron chi connectivity index (χ3n) is 5.45. The van der Waals surface area contributed by atoms with Crippen LogP contribution in [0.25, 0.3) is 11.3 Å². The van der Waals surface area contributed by atoms with Crippen LogP contribution in [-0.4, -0.2) is 29.3 Å². The first kappa shape index (κ1) is 19.9. The lowest BCUT2D eigenvalue weighted by atomic mass is 9.99. The summed E-state index contributed by atoms with van der Waals surface area (Å²) >= 11 is 0. The van der Waals surface area contributed by atoms with E-state index in [1.807, 2.05) is 67.6 Å². The number of hydrogen-bond donors (Lipinski definition) is 2. The van der Waals surface area contributed by atoms with Crippen molar-refractivity contribution in [1.82, 2.24) is 10.2 Å². The Hall–Kier alpha value is -3.41. The van der Waals surface area contributed by atoms with Gasteiger partial charge in [-0.3, -0.25) is 0 Å². The van der Waals surface area contributed by atoms with Crippen molar-refractivity contribution in [3.8, 4) is 11.3 Å². The Bertz CT molecular complexity index is 1010. The molecule has 0 atom stereocenters. The minimum absolute atomic E-state index is 0.279. The third kappa shape index (κ3) is 4.95. The number of rotatable bonds is 4. The number of carbonyl (C=O) groups excluding carboxylic acids is 1.